The van der Waals surface area contributed by atoms with Gasteiger partial charge in [-0.3, -0.25) is 19.9 Å². The first kappa shape index (κ1) is 79.8. The largest absolute Gasteiger partial charge is 3.00 e. The minimum atomic E-state index is -1.17. The van der Waals surface area contributed by atoms with Gasteiger partial charge >= 0.3 is 77.2 Å². The molecule has 12 aromatic rings. The van der Waals surface area contributed by atoms with Crippen molar-refractivity contribution in [2.24, 2.45) is 0 Å². The number of methoxy groups -OCH3 is 6. The zero-order valence-electron chi connectivity index (χ0n) is 51.9. The second kappa shape index (κ2) is 42.7. The van der Waals surface area contributed by atoms with Crippen LogP contribution >= 0.6 is 0 Å². The first-order valence-electron chi connectivity index (χ1n) is 27.6. The number of carboxylic acids is 6. The van der Waals surface area contributed by atoms with Crippen LogP contribution in [0.25, 0.3) is 43.6 Å². The van der Waals surface area contributed by atoms with Gasteiger partial charge in [0.25, 0.3) is 0 Å². The molecule has 0 saturated carbocycles. The molecule has 0 bridgehead atoms. The monoisotopic (exact) mass is 1580 g/mol. The fourth-order valence-corrected chi connectivity index (χ4v) is 7.72. The van der Waals surface area contributed by atoms with E-state index in [1.807, 2.05) is 24.3 Å². The van der Waals surface area contributed by atoms with Crippen LogP contribution < -0.4 is 59.1 Å². The molecule has 0 spiro atoms. The predicted octanol–water partition coefficient (Wildman–Crippen LogP) is 5.92. The third kappa shape index (κ3) is 26.2. The van der Waals surface area contributed by atoms with Gasteiger partial charge in [-0.1, -0.05) is 48.5 Å². The van der Waals surface area contributed by atoms with Gasteiger partial charge in [0.15, 0.2) is 0 Å². The normalized spacial score (nSPS) is 9.48. The topological polar surface area (TPSA) is 348 Å². The zero-order chi connectivity index (χ0) is 68.4. The molecule has 0 fully saturated rings. The average molecular weight is 1590 g/mol. The predicted molar refractivity (Wildman–Crippen MR) is 338 cm³/mol. The van der Waals surface area contributed by atoms with Gasteiger partial charge in [0, 0.05) is 46.3 Å². The Kier molecular flexibility index (Phi) is 35.5. The van der Waals surface area contributed by atoms with E-state index >= 15 is 0 Å². The fraction of sp³-hybridized carbons (Fsp3) is 0.0833. The van der Waals surface area contributed by atoms with Gasteiger partial charge < -0.3 is 87.8 Å². The third-order valence-electron chi connectivity index (χ3n) is 12.6. The van der Waals surface area contributed by atoms with Crippen molar-refractivity contribution in [3.05, 3.63) is 277 Å². The van der Waals surface area contributed by atoms with Crippen molar-refractivity contribution in [3.8, 4) is 34.5 Å². The molecule has 24 heteroatoms. The summed E-state index contributed by atoms with van der Waals surface area (Å²) >= 11 is 0. The number of ether oxygens (including phenoxy) is 6. The van der Waals surface area contributed by atoms with Crippen LogP contribution in [0.3, 0.4) is 0 Å². The molecular formula is C72H58N4O18Tb2. The molecule has 0 amide bonds. The Labute approximate surface area is 612 Å². The molecule has 0 atom stereocenters. The van der Waals surface area contributed by atoms with Crippen LogP contribution in [-0.4, -0.2) is 98.4 Å². The second-order valence-corrected chi connectivity index (χ2v) is 18.5. The number of aromatic carboxylic acids is 6. The van der Waals surface area contributed by atoms with E-state index in [0.717, 1.165) is 43.6 Å². The quantitative estimate of drug-likeness (QED) is 0.128. The standard InChI is InChI=1S/2C12H8N2.6C8H8O3.2Tb/c2*1-3-9-5-6-10-4-2-8-14-12(10)11(9)13-7-1;6*1-11-7-4-2-6(3-5-7)8(9)10;;/h2*1-8H;6*2-5H,1H3,(H,9,10);;/q;;;;;;;;2*+3/p-6. The van der Waals surface area contributed by atoms with Crippen LogP contribution in [-0.2, 0) is 0 Å². The Morgan fingerprint density at radius 2 is 0.365 bits per heavy atom. The number of carbonyl (C=O) groups excluding carboxylic acids is 6. The molecule has 4 heterocycles. The maximum atomic E-state index is 10.2. The number of hydrogen-bond acceptors (Lipinski definition) is 22. The van der Waals surface area contributed by atoms with Gasteiger partial charge in [-0.15, -0.1) is 0 Å². The van der Waals surface area contributed by atoms with Crippen molar-refractivity contribution in [2.45, 2.75) is 0 Å². The minimum Gasteiger partial charge on any atom is -0.545 e. The first-order valence-corrected chi connectivity index (χ1v) is 27.6. The summed E-state index contributed by atoms with van der Waals surface area (Å²) < 4.78 is 29.0. The summed E-state index contributed by atoms with van der Waals surface area (Å²) in [6.07, 6.45) is 7.21. The van der Waals surface area contributed by atoms with Crippen molar-refractivity contribution < 1.29 is 165 Å². The molecule has 0 N–H and O–H groups in total. The molecule has 12 rings (SSSR count). The van der Waals surface area contributed by atoms with Gasteiger partial charge in [-0.2, -0.15) is 0 Å². The maximum absolute atomic E-state index is 10.2. The van der Waals surface area contributed by atoms with E-state index in [4.69, 9.17) is 28.4 Å². The van der Waals surface area contributed by atoms with Gasteiger partial charge in [-0.25, -0.2) is 0 Å². The molecule has 96 heavy (non-hydrogen) atoms. The third-order valence-corrected chi connectivity index (χ3v) is 12.6. The van der Waals surface area contributed by atoms with Crippen LogP contribution in [0.2, 0.25) is 0 Å². The van der Waals surface area contributed by atoms with Gasteiger partial charge in [-0.05, 0) is 203 Å². The van der Waals surface area contributed by atoms with E-state index < -0.39 is 35.8 Å². The first-order chi connectivity index (χ1) is 45.3. The van der Waals surface area contributed by atoms with Crippen molar-refractivity contribution >= 4 is 79.4 Å². The van der Waals surface area contributed by atoms with Crippen molar-refractivity contribution in [2.75, 3.05) is 42.7 Å². The Bertz CT molecular complexity index is 3730. The Morgan fingerprint density at radius 3 is 0.479 bits per heavy atom. The molecule has 0 saturated heterocycles. The number of rotatable bonds is 12. The summed E-state index contributed by atoms with van der Waals surface area (Å²) in [5.74, 6) is -3.24. The molecule has 0 aliphatic carbocycles. The van der Waals surface area contributed by atoms with E-state index in [-0.39, 0.29) is 111 Å². The Hall–Kier alpha value is -10.4. The maximum Gasteiger partial charge on any atom is 3.00 e. The summed E-state index contributed by atoms with van der Waals surface area (Å²) in [5, 5.41) is 66.0. The fourth-order valence-electron chi connectivity index (χ4n) is 7.72. The molecule has 0 aliphatic rings. The number of fused-ring (bicyclic) bond motifs is 6. The van der Waals surface area contributed by atoms with Gasteiger partial charge in [0.2, 0.25) is 0 Å². The van der Waals surface area contributed by atoms with E-state index in [1.165, 1.54) is 115 Å². The zero-order valence-corrected chi connectivity index (χ0v) is 56.2. The smallest absolute Gasteiger partial charge is 0.545 e. The SMILES string of the molecule is COc1ccc(C(=O)[O-])cc1.COc1ccc(C(=O)[O-])cc1.COc1ccc(C(=O)[O-])cc1.COc1ccc(C(=O)[O-])cc1.COc1ccc(C(=O)[O-])cc1.COc1ccc(C(=O)[O-])cc1.[Tb+3].[Tb+3].c1cnc2c(c1)ccc1cccnc12.c1cnc2c(c1)ccc1cccnc12. The van der Waals surface area contributed by atoms with Crippen LogP contribution in [0, 0.1) is 77.2 Å². The molecule has 492 valence electrons. The number of carboxylic acid groups (broad SMARTS) is 6. The van der Waals surface area contributed by atoms with Crippen molar-refractivity contribution in [3.63, 3.8) is 0 Å². The van der Waals surface area contributed by atoms with E-state index in [2.05, 4.69) is 68.5 Å². The number of carbonyl (C=O) groups is 6. The number of hydrogen-bond donors (Lipinski definition) is 0. The number of pyridine rings is 4. The molecule has 8 aromatic carbocycles. The van der Waals surface area contributed by atoms with Crippen LogP contribution in [0.5, 0.6) is 34.5 Å². The van der Waals surface area contributed by atoms with E-state index in [0.29, 0.717) is 34.5 Å². The van der Waals surface area contributed by atoms with Gasteiger partial charge in [0.1, 0.15) is 34.5 Å². The van der Waals surface area contributed by atoms with Crippen LogP contribution in [0.4, 0.5) is 0 Å². The molecule has 0 aliphatic heterocycles. The van der Waals surface area contributed by atoms with Crippen molar-refractivity contribution in [1.82, 2.24) is 19.9 Å². The van der Waals surface area contributed by atoms with Crippen molar-refractivity contribution in [1.29, 1.82) is 0 Å². The summed E-state index contributed by atoms with van der Waals surface area (Å²) in [4.78, 5) is 78.9. The molecule has 0 unspecified atom stereocenters. The van der Waals surface area contributed by atoms with Gasteiger partial charge in [0.05, 0.1) is 101 Å². The second-order valence-electron chi connectivity index (χ2n) is 18.5. The summed E-state index contributed by atoms with van der Waals surface area (Å²) in [6, 6.07) is 60.4. The summed E-state index contributed by atoms with van der Waals surface area (Å²) in [5.41, 5.74) is 4.86. The molecular weight excluding hydrogens is 1530 g/mol. The molecule has 22 nitrogen and oxygen atoms in total. The average Bonchev–Trinajstić information content (AvgIpc) is 0.811. The number of benzene rings is 8. The van der Waals surface area contributed by atoms with E-state index in [1.54, 1.807) is 97.6 Å². The van der Waals surface area contributed by atoms with Crippen LogP contribution in [0.15, 0.2) is 243 Å². The summed E-state index contributed by atoms with van der Waals surface area (Å²) in [7, 11) is 9.13. The Morgan fingerprint density at radius 1 is 0.229 bits per heavy atom. The Balaban J connectivity index is 0.000000286. The molecule has 4 aromatic heterocycles. The van der Waals surface area contributed by atoms with E-state index in [9.17, 15) is 59.4 Å². The number of aromatic nitrogens is 4. The molecule has 0 radical (unpaired) electrons. The number of nitrogens with zero attached hydrogens (tertiary/aromatic N) is 4. The summed E-state index contributed by atoms with van der Waals surface area (Å²) in [6.45, 7) is 0. The van der Waals surface area contributed by atoms with Crippen LogP contribution in [0.1, 0.15) is 62.1 Å². The minimum absolute atomic E-state index is 0.